The molecule has 4 nitrogen and oxygen atoms in total. The van der Waals surface area contributed by atoms with Crippen molar-refractivity contribution in [2.45, 2.75) is 38.6 Å². The SMILES string of the molecule is C[C@@H](C(=O)Nc1cccc(C#N)c1)[n+]1ccc2c(c1)CCCC2. The number of carbonyl (C=O) groups is 1. The van der Waals surface area contributed by atoms with E-state index in [2.05, 4.69) is 23.6 Å². The van der Waals surface area contributed by atoms with E-state index >= 15 is 0 Å². The minimum absolute atomic E-state index is 0.0825. The summed E-state index contributed by atoms with van der Waals surface area (Å²) >= 11 is 0. The normalized spacial score (nSPS) is 14.4. The molecule has 1 aromatic carbocycles. The van der Waals surface area contributed by atoms with Gasteiger partial charge in [-0.1, -0.05) is 6.07 Å². The largest absolute Gasteiger partial charge is 0.320 e. The van der Waals surface area contributed by atoms with Crippen LogP contribution in [0.5, 0.6) is 0 Å². The summed E-state index contributed by atoms with van der Waals surface area (Å²) in [6, 6.07) is 10.9. The van der Waals surface area contributed by atoms with Crippen molar-refractivity contribution in [3.8, 4) is 6.07 Å². The number of hydrogen-bond donors (Lipinski definition) is 1. The fourth-order valence-corrected chi connectivity index (χ4v) is 2.98. The molecule has 0 saturated carbocycles. The van der Waals surface area contributed by atoms with Gasteiger partial charge < -0.3 is 5.32 Å². The molecule has 0 aliphatic heterocycles. The van der Waals surface area contributed by atoms with Gasteiger partial charge in [-0.15, -0.1) is 0 Å². The smallest absolute Gasteiger partial charge is 0.293 e. The van der Waals surface area contributed by atoms with Gasteiger partial charge in [0, 0.05) is 24.2 Å². The molecule has 0 spiro atoms. The minimum atomic E-state index is -0.298. The maximum atomic E-state index is 12.5. The Labute approximate surface area is 136 Å². The molecule has 1 heterocycles. The van der Waals surface area contributed by atoms with Crippen molar-refractivity contribution in [2.24, 2.45) is 0 Å². The third-order valence-electron chi connectivity index (χ3n) is 4.39. The topological polar surface area (TPSA) is 56.8 Å². The molecule has 0 radical (unpaired) electrons. The van der Waals surface area contributed by atoms with Gasteiger partial charge in [0.1, 0.15) is 0 Å². The lowest BCUT2D eigenvalue weighted by molar-refractivity contribution is -0.706. The first-order valence-electron chi connectivity index (χ1n) is 8.01. The monoisotopic (exact) mass is 306 g/mol. The first-order chi connectivity index (χ1) is 11.2. The molecule has 0 saturated heterocycles. The molecule has 1 aliphatic carbocycles. The Morgan fingerprint density at radius 3 is 2.83 bits per heavy atom. The molecule has 4 heteroatoms. The highest BCUT2D eigenvalue weighted by atomic mass is 16.2. The zero-order valence-electron chi connectivity index (χ0n) is 13.2. The van der Waals surface area contributed by atoms with E-state index in [9.17, 15) is 4.79 Å². The maximum Gasteiger partial charge on any atom is 0.293 e. The fraction of sp³-hybridized carbons (Fsp3) is 0.316. The van der Waals surface area contributed by atoms with E-state index < -0.39 is 0 Å². The summed E-state index contributed by atoms with van der Waals surface area (Å²) in [6.45, 7) is 1.89. The van der Waals surface area contributed by atoms with E-state index in [0.29, 0.717) is 11.3 Å². The number of anilines is 1. The van der Waals surface area contributed by atoms with Crippen molar-refractivity contribution in [3.05, 3.63) is 59.4 Å². The van der Waals surface area contributed by atoms with Gasteiger partial charge in [0.15, 0.2) is 12.4 Å². The molecular weight excluding hydrogens is 286 g/mol. The van der Waals surface area contributed by atoms with E-state index in [0.717, 1.165) is 12.8 Å². The van der Waals surface area contributed by atoms with Crippen molar-refractivity contribution >= 4 is 11.6 Å². The Bertz CT molecular complexity index is 776. The van der Waals surface area contributed by atoms with Gasteiger partial charge in [0.05, 0.1) is 11.6 Å². The Balaban J connectivity index is 1.75. The molecule has 1 atom stereocenters. The van der Waals surface area contributed by atoms with Crippen LogP contribution in [0.3, 0.4) is 0 Å². The molecule has 0 bridgehead atoms. The predicted octanol–water partition coefficient (Wildman–Crippen LogP) is 2.92. The molecule has 0 unspecified atom stereocenters. The van der Waals surface area contributed by atoms with Gasteiger partial charge in [-0.05, 0) is 49.4 Å². The van der Waals surface area contributed by atoms with E-state index in [1.54, 1.807) is 24.3 Å². The predicted molar refractivity (Wildman–Crippen MR) is 87.8 cm³/mol. The number of pyridine rings is 1. The van der Waals surface area contributed by atoms with Crippen LogP contribution in [-0.4, -0.2) is 5.91 Å². The first-order valence-corrected chi connectivity index (χ1v) is 8.01. The van der Waals surface area contributed by atoms with Crippen molar-refractivity contribution < 1.29 is 9.36 Å². The number of nitrogens with one attached hydrogen (secondary N) is 1. The Morgan fingerprint density at radius 1 is 1.26 bits per heavy atom. The summed E-state index contributed by atoms with van der Waals surface area (Å²) in [7, 11) is 0. The lowest BCUT2D eigenvalue weighted by atomic mass is 9.93. The van der Waals surface area contributed by atoms with Crippen LogP contribution >= 0.6 is 0 Å². The van der Waals surface area contributed by atoms with E-state index in [1.807, 2.05) is 17.7 Å². The second-order valence-electron chi connectivity index (χ2n) is 6.01. The van der Waals surface area contributed by atoms with Crippen molar-refractivity contribution in [1.82, 2.24) is 0 Å². The van der Waals surface area contributed by atoms with Gasteiger partial charge in [-0.3, -0.25) is 4.79 Å². The van der Waals surface area contributed by atoms with Gasteiger partial charge >= 0.3 is 0 Å². The summed E-state index contributed by atoms with van der Waals surface area (Å²) in [6.07, 6.45) is 8.79. The summed E-state index contributed by atoms with van der Waals surface area (Å²) in [5.74, 6) is -0.0825. The Hall–Kier alpha value is -2.67. The van der Waals surface area contributed by atoms with Crippen LogP contribution in [0.25, 0.3) is 0 Å². The van der Waals surface area contributed by atoms with Crippen LogP contribution in [0.1, 0.15) is 42.5 Å². The molecule has 1 N–H and O–H groups in total. The highest BCUT2D eigenvalue weighted by Gasteiger charge is 2.24. The number of aryl methyl sites for hydroxylation is 2. The summed E-state index contributed by atoms with van der Waals surface area (Å²) < 4.78 is 1.97. The number of rotatable bonds is 3. The van der Waals surface area contributed by atoms with Crippen LogP contribution < -0.4 is 9.88 Å². The van der Waals surface area contributed by atoms with E-state index in [-0.39, 0.29) is 11.9 Å². The van der Waals surface area contributed by atoms with Crippen LogP contribution in [0.15, 0.2) is 42.7 Å². The van der Waals surface area contributed by atoms with Gasteiger partial charge in [-0.2, -0.15) is 9.83 Å². The standard InChI is InChI=1S/C19H19N3O/c1-14(19(23)21-18-8-4-5-15(11-18)12-20)22-10-9-16-6-2-3-7-17(16)13-22/h4-5,8-11,13-14H,2-3,6-7H2,1H3/p+1/t14-/m0/s1. The minimum Gasteiger partial charge on any atom is -0.320 e. The number of benzene rings is 1. The van der Waals surface area contributed by atoms with Crippen LogP contribution in [0.2, 0.25) is 0 Å². The van der Waals surface area contributed by atoms with E-state index in [1.165, 1.54) is 24.0 Å². The number of amides is 1. The van der Waals surface area contributed by atoms with Gasteiger partial charge in [-0.25, -0.2) is 0 Å². The number of carbonyl (C=O) groups excluding carboxylic acids is 1. The van der Waals surface area contributed by atoms with Gasteiger partial charge in [0.2, 0.25) is 6.04 Å². The zero-order chi connectivity index (χ0) is 16.2. The van der Waals surface area contributed by atoms with Crippen LogP contribution in [-0.2, 0) is 17.6 Å². The van der Waals surface area contributed by atoms with Gasteiger partial charge in [0.25, 0.3) is 5.91 Å². The second-order valence-corrected chi connectivity index (χ2v) is 6.01. The molecule has 1 aromatic heterocycles. The fourth-order valence-electron chi connectivity index (χ4n) is 2.98. The number of aromatic nitrogens is 1. The molecule has 23 heavy (non-hydrogen) atoms. The maximum absolute atomic E-state index is 12.5. The third-order valence-corrected chi connectivity index (χ3v) is 4.39. The summed E-state index contributed by atoms with van der Waals surface area (Å²) in [5.41, 5.74) is 3.95. The van der Waals surface area contributed by atoms with E-state index in [4.69, 9.17) is 5.26 Å². The number of nitrogens with zero attached hydrogens (tertiary/aromatic N) is 2. The average molecular weight is 306 g/mol. The molecule has 1 amide bonds. The molecule has 0 fully saturated rings. The lowest BCUT2D eigenvalue weighted by Crippen LogP contribution is -2.44. The van der Waals surface area contributed by atoms with Crippen molar-refractivity contribution in [3.63, 3.8) is 0 Å². The molecule has 1 aliphatic rings. The first kappa shape index (κ1) is 15.2. The number of hydrogen-bond acceptors (Lipinski definition) is 2. The van der Waals surface area contributed by atoms with Crippen molar-refractivity contribution in [1.29, 1.82) is 5.26 Å². The van der Waals surface area contributed by atoms with Crippen molar-refractivity contribution in [2.75, 3.05) is 5.32 Å². The number of nitriles is 1. The zero-order valence-corrected chi connectivity index (χ0v) is 13.2. The Morgan fingerprint density at radius 2 is 2.04 bits per heavy atom. The number of fused-ring (bicyclic) bond motifs is 1. The van der Waals surface area contributed by atoms with Crippen LogP contribution in [0, 0.1) is 11.3 Å². The molecular formula is C19H20N3O+. The highest BCUT2D eigenvalue weighted by molar-refractivity contribution is 5.92. The molecule has 3 rings (SSSR count). The average Bonchev–Trinajstić information content (AvgIpc) is 2.60. The molecule has 116 valence electrons. The third kappa shape index (κ3) is 3.40. The summed E-state index contributed by atoms with van der Waals surface area (Å²) in [4.78, 5) is 12.5. The highest BCUT2D eigenvalue weighted by Crippen LogP contribution is 2.19. The quantitative estimate of drug-likeness (QED) is 0.886. The van der Waals surface area contributed by atoms with Crippen LogP contribution in [0.4, 0.5) is 5.69 Å². The molecule has 2 aromatic rings. The Kier molecular flexibility index (Phi) is 4.38. The lowest BCUT2D eigenvalue weighted by Gasteiger charge is -2.15. The second kappa shape index (κ2) is 6.62. The summed E-state index contributed by atoms with van der Waals surface area (Å²) in [5, 5.41) is 11.8.